The fraction of sp³-hybridized carbons (Fsp3) is 0.438. The summed E-state index contributed by atoms with van der Waals surface area (Å²) in [5, 5.41) is 10.2. The first kappa shape index (κ1) is 28.0. The van der Waals surface area contributed by atoms with E-state index in [0.717, 1.165) is 29.7 Å². The van der Waals surface area contributed by atoms with Crippen LogP contribution in [0.1, 0.15) is 53.2 Å². The Morgan fingerprint density at radius 3 is 2.36 bits per heavy atom. The predicted molar refractivity (Wildman–Crippen MR) is 156 cm³/mol. The number of aromatic nitrogens is 2. The van der Waals surface area contributed by atoms with E-state index in [-0.39, 0.29) is 29.1 Å². The molecule has 0 radical (unpaired) electrons. The zero-order valence-corrected chi connectivity index (χ0v) is 24.3. The first-order valence-corrected chi connectivity index (χ1v) is 14.5. The monoisotopic (exact) mass is 571 g/mol. The number of carbonyl (C=O) groups is 3. The number of aryl methyl sites for hydroxylation is 1. The van der Waals surface area contributed by atoms with Crippen molar-refractivity contribution in [2.45, 2.75) is 43.1 Å². The number of para-hydroxylation sites is 1. The number of rotatable bonds is 7. The van der Waals surface area contributed by atoms with Crippen molar-refractivity contribution in [3.63, 3.8) is 0 Å². The number of hydrogen-bond donors (Lipinski definition) is 2. The number of amides is 3. The van der Waals surface area contributed by atoms with Gasteiger partial charge in [0.1, 0.15) is 17.5 Å². The molecule has 1 aromatic heterocycles. The Kier molecular flexibility index (Phi) is 7.26. The number of nitrogens with one attached hydrogen (secondary N) is 2. The zero-order valence-electron chi connectivity index (χ0n) is 24.3. The van der Waals surface area contributed by atoms with Crippen LogP contribution in [0.3, 0.4) is 0 Å². The van der Waals surface area contributed by atoms with Crippen molar-refractivity contribution in [2.24, 2.45) is 12.5 Å². The molecule has 0 bridgehead atoms. The highest BCUT2D eigenvalue weighted by molar-refractivity contribution is 6.01. The van der Waals surface area contributed by atoms with E-state index < -0.39 is 11.5 Å². The molecule has 3 heterocycles. The van der Waals surface area contributed by atoms with Gasteiger partial charge in [0.15, 0.2) is 0 Å². The van der Waals surface area contributed by atoms with E-state index in [2.05, 4.69) is 15.7 Å². The third-order valence-corrected chi connectivity index (χ3v) is 9.14. The van der Waals surface area contributed by atoms with E-state index in [1.165, 1.54) is 4.68 Å². The smallest absolute Gasteiger partial charge is 0.270 e. The van der Waals surface area contributed by atoms with E-state index in [4.69, 9.17) is 9.47 Å². The van der Waals surface area contributed by atoms with Crippen LogP contribution in [0.2, 0.25) is 0 Å². The number of likely N-dealkylation sites (N-methyl/N-ethyl adjacent to an activating group) is 1. The van der Waals surface area contributed by atoms with Gasteiger partial charge in [-0.25, -0.2) is 0 Å². The van der Waals surface area contributed by atoms with E-state index in [1.807, 2.05) is 48.5 Å². The molecule has 2 aromatic carbocycles. The maximum atomic E-state index is 14.1. The van der Waals surface area contributed by atoms with Gasteiger partial charge in [0.25, 0.3) is 5.91 Å². The molecule has 1 spiro atoms. The van der Waals surface area contributed by atoms with Gasteiger partial charge in [0, 0.05) is 63.1 Å². The minimum absolute atomic E-state index is 0.0495. The number of carbonyl (C=O) groups excluding carboxylic acids is 3. The third-order valence-electron chi connectivity index (χ3n) is 9.14. The molecule has 220 valence electrons. The van der Waals surface area contributed by atoms with Crippen LogP contribution in [0.4, 0.5) is 5.69 Å². The number of anilines is 1. The Labute approximate surface area is 245 Å². The van der Waals surface area contributed by atoms with Gasteiger partial charge in [-0.2, -0.15) is 5.10 Å². The maximum Gasteiger partial charge on any atom is 0.270 e. The summed E-state index contributed by atoms with van der Waals surface area (Å²) in [6.07, 6.45) is 4.59. The highest BCUT2D eigenvalue weighted by Gasteiger charge is 2.58. The summed E-state index contributed by atoms with van der Waals surface area (Å²) in [6, 6.07) is 16.0. The van der Waals surface area contributed by atoms with Crippen molar-refractivity contribution in [3.05, 3.63) is 77.6 Å². The molecule has 6 rings (SSSR count). The van der Waals surface area contributed by atoms with Crippen LogP contribution in [0.5, 0.6) is 5.75 Å². The lowest BCUT2D eigenvalue weighted by Gasteiger charge is -2.39. The Morgan fingerprint density at radius 1 is 1.00 bits per heavy atom. The predicted octanol–water partition coefficient (Wildman–Crippen LogP) is 3.25. The third kappa shape index (κ3) is 4.93. The molecule has 2 atom stereocenters. The van der Waals surface area contributed by atoms with Crippen LogP contribution in [0.25, 0.3) is 0 Å². The fourth-order valence-corrected chi connectivity index (χ4v) is 6.64. The molecule has 2 aliphatic heterocycles. The molecule has 1 unspecified atom stereocenters. The molecule has 1 saturated heterocycles. The van der Waals surface area contributed by atoms with Gasteiger partial charge in [-0.1, -0.05) is 30.3 Å². The summed E-state index contributed by atoms with van der Waals surface area (Å²) >= 11 is 0. The van der Waals surface area contributed by atoms with Crippen molar-refractivity contribution in [1.82, 2.24) is 20.0 Å². The van der Waals surface area contributed by atoms with Crippen LogP contribution in [0.15, 0.2) is 60.8 Å². The quantitative estimate of drug-likeness (QED) is 0.450. The molecule has 3 amide bonds. The fourth-order valence-electron chi connectivity index (χ4n) is 6.64. The van der Waals surface area contributed by atoms with Gasteiger partial charge in [-0.3, -0.25) is 19.1 Å². The molecule has 10 nitrogen and oxygen atoms in total. The average molecular weight is 572 g/mol. The van der Waals surface area contributed by atoms with Gasteiger partial charge < -0.3 is 25.0 Å². The van der Waals surface area contributed by atoms with E-state index in [0.29, 0.717) is 44.0 Å². The summed E-state index contributed by atoms with van der Waals surface area (Å²) in [6.45, 7) is 1.54. The average Bonchev–Trinajstić information content (AvgIpc) is 3.64. The Bertz CT molecular complexity index is 1490. The van der Waals surface area contributed by atoms with Crippen LogP contribution in [-0.4, -0.2) is 72.4 Å². The maximum absolute atomic E-state index is 14.1. The largest absolute Gasteiger partial charge is 0.493 e. The number of fused-ring (bicyclic) bond motifs is 1. The number of ether oxygens (including phenoxy) is 2. The Hall–Kier alpha value is -4.18. The summed E-state index contributed by atoms with van der Waals surface area (Å²) in [7, 11) is 5.24. The molecule has 2 fully saturated rings. The summed E-state index contributed by atoms with van der Waals surface area (Å²) in [4.78, 5) is 42.5. The van der Waals surface area contributed by atoms with Gasteiger partial charge in [0.05, 0.1) is 12.0 Å². The van der Waals surface area contributed by atoms with E-state index >= 15 is 0 Å². The SMILES string of the molecule is CN(C)C(=O)C1(c2ccc(NC(=O)[C@@H](NC(=O)c3ccnn3C)C3c4ccccc4OCC34CC4)cc2)CCOCC1. The zero-order chi connectivity index (χ0) is 29.5. The molecule has 2 N–H and O–H groups in total. The molecule has 42 heavy (non-hydrogen) atoms. The molecule has 10 heteroatoms. The van der Waals surface area contributed by atoms with Crippen molar-refractivity contribution < 1.29 is 23.9 Å². The highest BCUT2D eigenvalue weighted by atomic mass is 16.5. The van der Waals surface area contributed by atoms with Crippen molar-refractivity contribution in [3.8, 4) is 5.75 Å². The lowest BCUT2D eigenvalue weighted by atomic mass is 9.73. The molecule has 1 aliphatic carbocycles. The number of hydrogen-bond acceptors (Lipinski definition) is 6. The lowest BCUT2D eigenvalue weighted by molar-refractivity contribution is -0.138. The lowest BCUT2D eigenvalue weighted by Crippen LogP contribution is -2.52. The second kappa shape index (κ2) is 10.9. The van der Waals surface area contributed by atoms with E-state index in [1.54, 1.807) is 38.3 Å². The normalized spacial score (nSPS) is 20.5. The standard InChI is InChI=1S/C32H37N5O5/c1-36(2)30(40)32(15-18-41-19-16-32)21-8-10-22(11-9-21)34-29(39)27(35-28(38)24-12-17-33-37(24)3)26-23-6-4-5-7-25(23)42-20-31(26)13-14-31/h4-12,17,26-27H,13-16,18-20H2,1-3H3,(H,34,39)(H,35,38)/t26?,27-/m0/s1. The van der Waals surface area contributed by atoms with E-state index in [9.17, 15) is 14.4 Å². The van der Waals surface area contributed by atoms with Gasteiger partial charge in [0.2, 0.25) is 11.8 Å². The molecule has 1 saturated carbocycles. The van der Waals surface area contributed by atoms with Gasteiger partial charge in [-0.15, -0.1) is 0 Å². The molecule has 3 aromatic rings. The first-order valence-electron chi connectivity index (χ1n) is 14.5. The minimum atomic E-state index is -0.850. The van der Waals surface area contributed by atoms with Crippen LogP contribution >= 0.6 is 0 Å². The summed E-state index contributed by atoms with van der Waals surface area (Å²) in [5.41, 5.74) is 1.91. The van der Waals surface area contributed by atoms with Crippen molar-refractivity contribution >= 4 is 23.4 Å². The number of nitrogens with zero attached hydrogens (tertiary/aromatic N) is 3. The first-order chi connectivity index (χ1) is 20.2. The molecule has 3 aliphatic rings. The Balaban J connectivity index is 1.30. The minimum Gasteiger partial charge on any atom is -0.493 e. The summed E-state index contributed by atoms with van der Waals surface area (Å²) < 4.78 is 13.2. The number of benzene rings is 2. The second-order valence-corrected chi connectivity index (χ2v) is 11.9. The van der Waals surface area contributed by atoms with Crippen LogP contribution < -0.4 is 15.4 Å². The summed E-state index contributed by atoms with van der Waals surface area (Å²) in [5.74, 6) is -0.148. The highest BCUT2D eigenvalue weighted by Crippen LogP contribution is 2.61. The van der Waals surface area contributed by atoms with Crippen LogP contribution in [-0.2, 0) is 26.8 Å². The second-order valence-electron chi connectivity index (χ2n) is 11.9. The van der Waals surface area contributed by atoms with Crippen molar-refractivity contribution in [1.29, 1.82) is 0 Å². The van der Waals surface area contributed by atoms with Crippen LogP contribution in [0, 0.1) is 5.41 Å². The molecular weight excluding hydrogens is 534 g/mol. The topological polar surface area (TPSA) is 115 Å². The Morgan fingerprint density at radius 2 is 1.71 bits per heavy atom. The van der Waals surface area contributed by atoms with Crippen molar-refractivity contribution in [2.75, 3.05) is 39.2 Å². The van der Waals surface area contributed by atoms with Gasteiger partial charge in [-0.05, 0) is 55.5 Å². The van der Waals surface area contributed by atoms with Gasteiger partial charge >= 0.3 is 0 Å². The molecular formula is C32H37N5O5.